The number of hydrazine groups is 1. The molecular weight excluding hydrogens is 729 g/mol. The minimum absolute atomic E-state index is 0.0253. The molecule has 1 aromatic carbocycles. The number of guanidine groups is 1. The first-order valence-corrected chi connectivity index (χ1v) is 21.2. The Bertz CT molecular complexity index is 1610. The molecule has 0 spiro atoms. The van der Waals surface area contributed by atoms with Gasteiger partial charge in [0, 0.05) is 19.5 Å². The molecule has 0 aromatic heterocycles. The molecular formula is C41H64BN7O8. The number of nitro groups is 1. The van der Waals surface area contributed by atoms with Gasteiger partial charge >= 0.3 is 7.12 Å². The van der Waals surface area contributed by atoms with Crippen molar-refractivity contribution in [3.8, 4) is 0 Å². The van der Waals surface area contributed by atoms with Crippen LogP contribution in [0.4, 0.5) is 0 Å². The number of carbonyl (C=O) groups is 4. The van der Waals surface area contributed by atoms with Crippen LogP contribution < -0.4 is 21.8 Å². The number of aliphatic imine (C=N–C) groups is 1. The van der Waals surface area contributed by atoms with Crippen molar-refractivity contribution >= 4 is 36.7 Å². The molecule has 2 aliphatic heterocycles. The molecule has 6 atom stereocenters. The van der Waals surface area contributed by atoms with Gasteiger partial charge in [-0.2, -0.15) is 0 Å². The fourth-order valence-corrected chi connectivity index (χ4v) is 9.49. The SMILES string of the molecule is CC(C)CC(NC(=O)[C@H](CCCN=C(N)N[N+](=O)[O-])NC(=O)CCCCCCCCCCCN1C(=O)c2ccccc2C1=O)B1OC2CC3CC(C3(C)C)[C@]2(C)O1. The molecule has 3 saturated carbocycles. The van der Waals surface area contributed by atoms with E-state index in [1.807, 2.05) is 5.43 Å². The monoisotopic (exact) mass is 793 g/mol. The topological polar surface area (TPSA) is 208 Å². The van der Waals surface area contributed by atoms with Gasteiger partial charge in [0.2, 0.25) is 11.8 Å². The van der Waals surface area contributed by atoms with E-state index in [4.69, 9.17) is 15.0 Å². The normalized spacial score (nSPS) is 24.5. The predicted octanol–water partition coefficient (Wildman–Crippen LogP) is 5.34. The lowest BCUT2D eigenvalue weighted by Gasteiger charge is -2.64. The van der Waals surface area contributed by atoms with E-state index in [1.54, 1.807) is 24.3 Å². The van der Waals surface area contributed by atoms with E-state index in [-0.39, 0.29) is 60.0 Å². The van der Waals surface area contributed by atoms with Crippen LogP contribution in [0.5, 0.6) is 0 Å². The van der Waals surface area contributed by atoms with Crippen LogP contribution in [-0.4, -0.2) is 83.4 Å². The van der Waals surface area contributed by atoms with Gasteiger partial charge in [-0.3, -0.25) is 24.1 Å². The van der Waals surface area contributed by atoms with Gasteiger partial charge in [0.15, 0.2) is 5.03 Å². The number of unbranched alkanes of at least 4 members (excludes halogenated alkanes) is 8. The lowest BCUT2D eigenvalue weighted by atomic mass is 9.43. The molecule has 3 aliphatic carbocycles. The maximum Gasteiger partial charge on any atom is 0.481 e. The van der Waals surface area contributed by atoms with Crippen LogP contribution in [0.1, 0.15) is 152 Å². The van der Waals surface area contributed by atoms with Crippen molar-refractivity contribution in [1.82, 2.24) is 21.0 Å². The van der Waals surface area contributed by atoms with E-state index in [0.29, 0.717) is 55.2 Å². The molecule has 4 unspecified atom stereocenters. The van der Waals surface area contributed by atoms with Gasteiger partial charge in [0.25, 0.3) is 17.8 Å². The molecule has 314 valence electrons. The van der Waals surface area contributed by atoms with Gasteiger partial charge in [0.1, 0.15) is 6.04 Å². The Labute approximate surface area is 337 Å². The minimum atomic E-state index is -0.838. The lowest BCUT2D eigenvalue weighted by molar-refractivity contribution is -0.525. The highest BCUT2D eigenvalue weighted by atomic mass is 16.7. The average Bonchev–Trinajstić information content (AvgIpc) is 3.63. The first kappa shape index (κ1) is 44.1. The first-order valence-electron chi connectivity index (χ1n) is 21.2. The van der Waals surface area contributed by atoms with E-state index in [9.17, 15) is 29.3 Å². The van der Waals surface area contributed by atoms with Crippen molar-refractivity contribution in [2.75, 3.05) is 13.1 Å². The van der Waals surface area contributed by atoms with Crippen molar-refractivity contribution in [2.24, 2.45) is 33.9 Å². The van der Waals surface area contributed by atoms with Crippen LogP contribution in [-0.2, 0) is 18.9 Å². The Morgan fingerprint density at radius 3 is 2.18 bits per heavy atom. The quantitative estimate of drug-likeness (QED) is 0.0213. The highest BCUT2D eigenvalue weighted by Gasteiger charge is 2.68. The summed E-state index contributed by atoms with van der Waals surface area (Å²) in [4.78, 5) is 68.2. The van der Waals surface area contributed by atoms with Crippen molar-refractivity contribution < 1.29 is 33.5 Å². The van der Waals surface area contributed by atoms with E-state index in [0.717, 1.165) is 64.2 Å². The summed E-state index contributed by atoms with van der Waals surface area (Å²) < 4.78 is 13.3. The third kappa shape index (κ3) is 10.9. The summed E-state index contributed by atoms with van der Waals surface area (Å²) >= 11 is 0. The lowest BCUT2D eigenvalue weighted by Crippen LogP contribution is -2.65. The summed E-state index contributed by atoms with van der Waals surface area (Å²) in [7, 11) is -0.597. The molecule has 6 rings (SSSR count). The number of hydrogen-bond acceptors (Lipinski definition) is 9. The summed E-state index contributed by atoms with van der Waals surface area (Å²) in [6.45, 7) is 11.5. The smallest absolute Gasteiger partial charge is 0.404 e. The summed E-state index contributed by atoms with van der Waals surface area (Å²) in [5.41, 5.74) is 8.14. The minimum Gasteiger partial charge on any atom is -0.404 e. The van der Waals surface area contributed by atoms with E-state index >= 15 is 0 Å². The van der Waals surface area contributed by atoms with Crippen LogP contribution in [0.15, 0.2) is 29.3 Å². The summed E-state index contributed by atoms with van der Waals surface area (Å²) in [5.74, 6) is -0.429. The van der Waals surface area contributed by atoms with E-state index < -0.39 is 29.7 Å². The standard InChI is InChI=1S/C41H64BN7O8/c1-27(2)24-34(42-56-33-26-28-25-32(40(28,3)4)41(33,5)57-42)46-36(51)31(20-17-22-44-39(43)47-49(54)55)45-35(50)21-13-11-9-7-6-8-10-12-16-23-48-37(52)29-18-14-15-19-30(29)38(48)53/h14-15,18-19,27-28,31-34H,6-13,16-17,20-26H2,1-5H3,(H,45,50)(H,46,51)(H3,43,44,47)/t28?,31-,32?,33?,34?,41-/m0/s1. The average molecular weight is 794 g/mol. The van der Waals surface area contributed by atoms with E-state index in [1.165, 1.54) is 4.90 Å². The second kappa shape index (κ2) is 19.6. The zero-order chi connectivity index (χ0) is 41.3. The number of carbonyl (C=O) groups excluding carboxylic acids is 4. The van der Waals surface area contributed by atoms with Crippen molar-refractivity contribution in [2.45, 2.75) is 155 Å². The predicted molar refractivity (Wildman–Crippen MR) is 217 cm³/mol. The highest BCUT2D eigenvalue weighted by molar-refractivity contribution is 6.48. The van der Waals surface area contributed by atoms with Gasteiger partial charge < -0.3 is 25.7 Å². The van der Waals surface area contributed by atoms with Crippen LogP contribution in [0.3, 0.4) is 0 Å². The number of fused-ring (bicyclic) bond motifs is 1. The Balaban J connectivity index is 1.03. The molecule has 5 N–H and O–H groups in total. The zero-order valence-corrected chi connectivity index (χ0v) is 34.6. The molecule has 1 saturated heterocycles. The fraction of sp³-hybridized carbons (Fsp3) is 0.732. The maximum absolute atomic E-state index is 13.9. The van der Waals surface area contributed by atoms with Crippen LogP contribution in [0, 0.1) is 33.3 Å². The second-order valence-corrected chi connectivity index (χ2v) is 17.7. The molecule has 0 radical (unpaired) electrons. The van der Waals surface area contributed by atoms with Crippen molar-refractivity contribution in [3.63, 3.8) is 0 Å². The van der Waals surface area contributed by atoms with Gasteiger partial charge in [-0.05, 0) is 87.2 Å². The number of nitrogens with two attached hydrogens (primary N) is 1. The summed E-state index contributed by atoms with van der Waals surface area (Å²) in [5, 5.41) is 16.0. The Morgan fingerprint density at radius 2 is 1.58 bits per heavy atom. The molecule has 2 heterocycles. The molecule has 1 aromatic rings. The third-order valence-electron chi connectivity index (χ3n) is 12.8. The van der Waals surface area contributed by atoms with Gasteiger partial charge in [0.05, 0.1) is 28.8 Å². The molecule has 4 fully saturated rings. The molecule has 5 aliphatic rings. The number of benzene rings is 1. The second-order valence-electron chi connectivity index (χ2n) is 17.7. The molecule has 57 heavy (non-hydrogen) atoms. The number of hydrogen-bond donors (Lipinski definition) is 4. The molecule has 2 bridgehead atoms. The van der Waals surface area contributed by atoms with Gasteiger partial charge in [-0.25, -0.2) is 15.1 Å². The number of nitrogens with one attached hydrogen (secondary N) is 3. The van der Waals surface area contributed by atoms with Crippen LogP contribution >= 0.6 is 0 Å². The Morgan fingerprint density at radius 1 is 0.965 bits per heavy atom. The van der Waals surface area contributed by atoms with Gasteiger partial charge in [-0.15, -0.1) is 0 Å². The summed E-state index contributed by atoms with van der Waals surface area (Å²) in [6, 6.07) is 6.13. The van der Waals surface area contributed by atoms with Crippen molar-refractivity contribution in [3.05, 3.63) is 45.5 Å². The molecule has 15 nitrogen and oxygen atoms in total. The largest absolute Gasteiger partial charge is 0.481 e. The number of nitrogens with zero attached hydrogens (tertiary/aromatic N) is 3. The van der Waals surface area contributed by atoms with Crippen LogP contribution in [0.2, 0.25) is 0 Å². The number of rotatable bonds is 23. The van der Waals surface area contributed by atoms with Gasteiger partial charge in [-0.1, -0.05) is 90.2 Å². The zero-order valence-electron chi connectivity index (χ0n) is 34.6. The molecule has 16 heteroatoms. The fourth-order valence-electron chi connectivity index (χ4n) is 9.49. The summed E-state index contributed by atoms with van der Waals surface area (Å²) in [6.07, 6.45) is 12.2. The maximum atomic E-state index is 13.9. The highest BCUT2D eigenvalue weighted by Crippen LogP contribution is 2.65. The third-order valence-corrected chi connectivity index (χ3v) is 12.8. The number of imide groups is 1. The Hall–Kier alpha value is -4.05. The number of amides is 4. The Kier molecular flexibility index (Phi) is 15.2. The van der Waals surface area contributed by atoms with Crippen LogP contribution in [0.25, 0.3) is 0 Å². The van der Waals surface area contributed by atoms with Crippen molar-refractivity contribution in [1.29, 1.82) is 0 Å². The van der Waals surface area contributed by atoms with E-state index in [2.05, 4.69) is 50.2 Å². The molecule has 4 amide bonds. The first-order chi connectivity index (χ1) is 27.1.